The Balaban J connectivity index is 2.04. The van der Waals surface area contributed by atoms with Gasteiger partial charge < -0.3 is 10.1 Å². The average molecular weight is 125 g/mol. The first-order chi connectivity index (χ1) is 4.36. The summed E-state index contributed by atoms with van der Waals surface area (Å²) >= 11 is 0. The molecule has 1 amide bonds. The molecule has 1 N–H and O–H groups in total. The third-order valence-electron chi connectivity index (χ3n) is 2.53. The Morgan fingerprint density at radius 3 is 3.00 bits per heavy atom. The van der Waals surface area contributed by atoms with Gasteiger partial charge in [-0.1, -0.05) is 0 Å². The molecule has 0 aromatic rings. The van der Waals surface area contributed by atoms with Crippen LogP contribution in [0, 0.1) is 5.92 Å². The maximum atomic E-state index is 10.9. The molecule has 2 bridgehead atoms. The Morgan fingerprint density at radius 2 is 2.44 bits per heavy atom. The molecule has 9 heavy (non-hydrogen) atoms. The van der Waals surface area contributed by atoms with Crippen molar-refractivity contribution in [3.63, 3.8) is 0 Å². The minimum Gasteiger partial charge on any atom is -0.366 e. The highest BCUT2D eigenvalue weighted by Gasteiger charge is 2.63. The van der Waals surface area contributed by atoms with Gasteiger partial charge in [0.1, 0.15) is 6.10 Å². The summed E-state index contributed by atoms with van der Waals surface area (Å²) in [6, 6.07) is 0.368. The molecule has 3 heteroatoms. The Labute approximate surface area is 52.4 Å². The van der Waals surface area contributed by atoms with Crippen LogP contribution in [0.3, 0.4) is 0 Å². The summed E-state index contributed by atoms with van der Waals surface area (Å²) in [7, 11) is 0. The van der Waals surface area contributed by atoms with Gasteiger partial charge in [-0.2, -0.15) is 0 Å². The molecule has 3 aliphatic rings. The second-order valence-corrected chi connectivity index (χ2v) is 3.02. The smallest absolute Gasteiger partial charge is 0.226 e. The van der Waals surface area contributed by atoms with E-state index < -0.39 is 0 Å². The number of epoxide rings is 1. The second kappa shape index (κ2) is 1.01. The summed E-state index contributed by atoms with van der Waals surface area (Å²) in [5.41, 5.74) is 0. The average Bonchev–Trinajstić information content (AvgIpc) is 2.46. The van der Waals surface area contributed by atoms with Crippen LogP contribution in [0.1, 0.15) is 6.42 Å². The molecule has 1 aliphatic carbocycles. The van der Waals surface area contributed by atoms with E-state index in [0.717, 1.165) is 6.42 Å². The zero-order valence-electron chi connectivity index (χ0n) is 4.83. The minimum absolute atomic E-state index is 0.207. The second-order valence-electron chi connectivity index (χ2n) is 3.02. The molecule has 4 atom stereocenters. The van der Waals surface area contributed by atoms with Gasteiger partial charge in [0.25, 0.3) is 0 Å². The van der Waals surface area contributed by atoms with E-state index >= 15 is 0 Å². The van der Waals surface area contributed by atoms with Gasteiger partial charge in [-0.3, -0.25) is 4.79 Å². The summed E-state index contributed by atoms with van der Waals surface area (Å²) in [6.45, 7) is 0. The van der Waals surface area contributed by atoms with Gasteiger partial charge >= 0.3 is 0 Å². The van der Waals surface area contributed by atoms with Gasteiger partial charge in [0.2, 0.25) is 5.91 Å². The molecule has 3 rings (SSSR count). The Kier molecular flexibility index (Phi) is 0.481. The third-order valence-corrected chi connectivity index (χ3v) is 2.53. The van der Waals surface area contributed by atoms with Crippen LogP contribution in [0.2, 0.25) is 0 Å². The van der Waals surface area contributed by atoms with E-state index in [9.17, 15) is 4.79 Å². The first-order valence-corrected chi connectivity index (χ1v) is 3.32. The van der Waals surface area contributed by atoms with Crippen LogP contribution in [0.25, 0.3) is 0 Å². The minimum atomic E-state index is 0.207. The van der Waals surface area contributed by atoms with E-state index in [-0.39, 0.29) is 11.8 Å². The van der Waals surface area contributed by atoms with E-state index in [1.54, 1.807) is 0 Å². The molecule has 3 nitrogen and oxygen atoms in total. The molecule has 0 aromatic heterocycles. The van der Waals surface area contributed by atoms with E-state index in [2.05, 4.69) is 5.32 Å². The molecule has 2 heterocycles. The number of rotatable bonds is 0. The van der Waals surface area contributed by atoms with Crippen molar-refractivity contribution in [2.45, 2.75) is 24.7 Å². The van der Waals surface area contributed by atoms with E-state index in [4.69, 9.17) is 4.74 Å². The number of fused-ring (bicyclic) bond motifs is 5. The first-order valence-electron chi connectivity index (χ1n) is 3.32. The summed E-state index contributed by atoms with van der Waals surface area (Å²) in [5, 5.41) is 2.88. The van der Waals surface area contributed by atoms with Crippen molar-refractivity contribution in [3.05, 3.63) is 0 Å². The Bertz CT molecular complexity index is 191. The van der Waals surface area contributed by atoms with Crippen LogP contribution in [0.15, 0.2) is 0 Å². The van der Waals surface area contributed by atoms with Crippen molar-refractivity contribution in [2.24, 2.45) is 5.92 Å². The zero-order chi connectivity index (χ0) is 6.01. The summed E-state index contributed by atoms with van der Waals surface area (Å²) in [6.07, 6.45) is 1.73. The van der Waals surface area contributed by atoms with Crippen molar-refractivity contribution in [1.29, 1.82) is 0 Å². The van der Waals surface area contributed by atoms with Crippen molar-refractivity contribution in [3.8, 4) is 0 Å². The number of nitrogens with one attached hydrogen (secondary N) is 1. The molecule has 2 aliphatic heterocycles. The first kappa shape index (κ1) is 4.28. The standard InChI is InChI=1S/C6H7NO2/c8-6-2-1-3(7-6)5-4(2)9-5/h2-5H,1H2,(H,7,8)/t2-,3+,4?,5?/m0/s1. The fraction of sp³-hybridized carbons (Fsp3) is 0.833. The largest absolute Gasteiger partial charge is 0.366 e. The Hall–Kier alpha value is -0.570. The predicted octanol–water partition coefficient (Wildman–Crippen LogP) is -0.728. The van der Waals surface area contributed by atoms with Gasteiger partial charge in [0.05, 0.1) is 18.1 Å². The van der Waals surface area contributed by atoms with E-state index in [0.29, 0.717) is 18.2 Å². The lowest BCUT2D eigenvalue weighted by Crippen LogP contribution is -2.35. The lowest BCUT2D eigenvalue weighted by atomic mass is 10.1. The monoisotopic (exact) mass is 125 g/mol. The fourth-order valence-corrected chi connectivity index (χ4v) is 2.01. The maximum absolute atomic E-state index is 10.9. The molecule has 0 radical (unpaired) electrons. The molecular weight excluding hydrogens is 118 g/mol. The zero-order valence-corrected chi connectivity index (χ0v) is 4.83. The van der Waals surface area contributed by atoms with Crippen molar-refractivity contribution in [1.82, 2.24) is 5.32 Å². The van der Waals surface area contributed by atoms with E-state index in [1.807, 2.05) is 0 Å². The van der Waals surface area contributed by atoms with Gasteiger partial charge in [0, 0.05) is 0 Å². The van der Waals surface area contributed by atoms with Crippen molar-refractivity contribution >= 4 is 5.91 Å². The van der Waals surface area contributed by atoms with Crippen LogP contribution in [-0.2, 0) is 9.53 Å². The van der Waals surface area contributed by atoms with Gasteiger partial charge in [-0.25, -0.2) is 0 Å². The SMILES string of the molecule is O=C1N[C@@H]2C[C@H]1C1OC12. The van der Waals surface area contributed by atoms with E-state index in [1.165, 1.54) is 0 Å². The molecule has 3 fully saturated rings. The highest BCUT2D eigenvalue weighted by atomic mass is 16.6. The van der Waals surface area contributed by atoms with Crippen LogP contribution in [0.5, 0.6) is 0 Å². The number of ether oxygens (including phenoxy) is 1. The molecule has 2 saturated heterocycles. The number of hydrogen-bond acceptors (Lipinski definition) is 2. The number of amides is 1. The highest BCUT2D eigenvalue weighted by molar-refractivity contribution is 5.84. The van der Waals surface area contributed by atoms with Crippen LogP contribution in [0.4, 0.5) is 0 Å². The van der Waals surface area contributed by atoms with Crippen LogP contribution < -0.4 is 5.32 Å². The number of piperidine rings is 1. The normalized spacial score (nSPS) is 59.3. The molecule has 1 saturated carbocycles. The van der Waals surface area contributed by atoms with Crippen molar-refractivity contribution < 1.29 is 9.53 Å². The van der Waals surface area contributed by atoms with Crippen LogP contribution >= 0.6 is 0 Å². The topological polar surface area (TPSA) is 41.6 Å². The van der Waals surface area contributed by atoms with Gasteiger partial charge in [-0.05, 0) is 6.42 Å². The lowest BCUT2D eigenvalue weighted by molar-refractivity contribution is -0.123. The Morgan fingerprint density at radius 1 is 1.56 bits per heavy atom. The van der Waals surface area contributed by atoms with Gasteiger partial charge in [0.15, 0.2) is 0 Å². The molecular formula is C6H7NO2. The van der Waals surface area contributed by atoms with Gasteiger partial charge in [-0.15, -0.1) is 0 Å². The van der Waals surface area contributed by atoms with Crippen LogP contribution in [-0.4, -0.2) is 24.2 Å². The summed E-state index contributed by atoms with van der Waals surface area (Å²) < 4.78 is 5.23. The number of carbonyl (C=O) groups is 1. The molecule has 0 spiro atoms. The predicted molar refractivity (Wildman–Crippen MR) is 28.7 cm³/mol. The highest BCUT2D eigenvalue weighted by Crippen LogP contribution is 2.46. The summed E-state index contributed by atoms with van der Waals surface area (Å²) in [4.78, 5) is 10.9. The maximum Gasteiger partial charge on any atom is 0.226 e. The quantitative estimate of drug-likeness (QED) is 0.434. The number of carbonyl (C=O) groups excluding carboxylic acids is 1. The fourth-order valence-electron chi connectivity index (χ4n) is 2.01. The molecule has 2 unspecified atom stereocenters. The third kappa shape index (κ3) is 0.339. The van der Waals surface area contributed by atoms with Crippen molar-refractivity contribution in [2.75, 3.05) is 0 Å². The molecule has 0 aromatic carbocycles. The lowest BCUT2D eigenvalue weighted by Gasteiger charge is -2.04. The summed E-state index contributed by atoms with van der Waals surface area (Å²) in [5.74, 6) is 0.416. The molecule has 48 valence electrons. The number of hydrogen-bond donors (Lipinski definition) is 1.